The molecule has 1 N–H and O–H groups in total. The van der Waals surface area contributed by atoms with Crippen LogP contribution in [-0.2, 0) is 13.6 Å². The molecule has 92 valence electrons. The molecule has 0 saturated carbocycles. The summed E-state index contributed by atoms with van der Waals surface area (Å²) in [5.74, 6) is 0.970. The molecule has 4 nitrogen and oxygen atoms in total. The molecule has 1 rings (SSSR count). The van der Waals surface area contributed by atoms with E-state index in [1.54, 1.807) is 6.20 Å². The Morgan fingerprint density at radius 1 is 1.56 bits per heavy atom. The van der Waals surface area contributed by atoms with E-state index in [1.165, 1.54) is 0 Å². The molecule has 0 atom stereocenters. The molecule has 0 unspecified atom stereocenters. The maximum Gasteiger partial charge on any atom is 0.128 e. The number of imidazole rings is 1. The van der Waals surface area contributed by atoms with E-state index in [0.29, 0.717) is 11.2 Å². The summed E-state index contributed by atoms with van der Waals surface area (Å²) in [6.07, 6.45) is 1.68. The van der Waals surface area contributed by atoms with Gasteiger partial charge < -0.3 is 14.8 Å². The predicted octanol–water partition coefficient (Wildman–Crippen LogP) is 1.50. The molecule has 0 radical (unpaired) electrons. The van der Waals surface area contributed by atoms with E-state index >= 15 is 0 Å². The van der Waals surface area contributed by atoms with Crippen molar-refractivity contribution in [1.82, 2.24) is 19.8 Å². The van der Waals surface area contributed by atoms with E-state index in [0.717, 1.165) is 25.5 Å². The normalized spacial score (nSPS) is 11.7. The van der Waals surface area contributed by atoms with Crippen molar-refractivity contribution >= 4 is 11.6 Å². The predicted molar refractivity (Wildman–Crippen MR) is 67.7 cm³/mol. The number of hydrogen-bond acceptors (Lipinski definition) is 3. The summed E-state index contributed by atoms with van der Waals surface area (Å²) in [4.78, 5) is 6.53. The molecular formula is C11H21ClN4. The first-order chi connectivity index (χ1) is 7.52. The molecule has 1 aromatic rings. The molecule has 0 amide bonds. The molecule has 0 aliphatic rings. The Balaban J connectivity index is 2.24. The fourth-order valence-corrected chi connectivity index (χ4v) is 1.45. The Labute approximate surface area is 103 Å². The van der Waals surface area contributed by atoms with Crippen LogP contribution in [0.5, 0.6) is 0 Å². The highest BCUT2D eigenvalue weighted by atomic mass is 35.5. The van der Waals surface area contributed by atoms with E-state index < -0.39 is 0 Å². The molecule has 1 aromatic heterocycles. The molecule has 0 aromatic carbocycles. The van der Waals surface area contributed by atoms with Crippen molar-refractivity contribution in [2.24, 2.45) is 7.05 Å². The van der Waals surface area contributed by atoms with Crippen LogP contribution in [0.4, 0.5) is 0 Å². The third-order valence-corrected chi connectivity index (χ3v) is 3.18. The van der Waals surface area contributed by atoms with Crippen LogP contribution < -0.4 is 5.32 Å². The van der Waals surface area contributed by atoms with Gasteiger partial charge in [-0.25, -0.2) is 4.98 Å². The van der Waals surface area contributed by atoms with Crippen molar-refractivity contribution in [3.05, 3.63) is 17.2 Å². The van der Waals surface area contributed by atoms with Crippen LogP contribution in [0.15, 0.2) is 6.20 Å². The van der Waals surface area contributed by atoms with E-state index in [4.69, 9.17) is 11.6 Å². The minimum atomic E-state index is 0.587. The molecule has 0 aliphatic heterocycles. The van der Waals surface area contributed by atoms with Gasteiger partial charge in [0.25, 0.3) is 0 Å². The molecule has 0 spiro atoms. The smallest absolute Gasteiger partial charge is 0.128 e. The minimum absolute atomic E-state index is 0.587. The average Bonchev–Trinajstić information content (AvgIpc) is 2.55. The zero-order valence-electron chi connectivity index (χ0n) is 10.5. The van der Waals surface area contributed by atoms with Crippen LogP contribution in [0.25, 0.3) is 0 Å². The largest absolute Gasteiger partial charge is 0.321 e. The summed E-state index contributed by atoms with van der Waals surface area (Å²) >= 11 is 5.90. The number of likely N-dealkylation sites (N-methyl/N-ethyl adjacent to an activating group) is 1. The van der Waals surface area contributed by atoms with Crippen molar-refractivity contribution in [3.63, 3.8) is 0 Å². The SMILES string of the molecule is CC(C)N(C)CCNCc1ncc(Cl)n1C. The van der Waals surface area contributed by atoms with E-state index in [1.807, 2.05) is 11.6 Å². The summed E-state index contributed by atoms with van der Waals surface area (Å²) in [5, 5.41) is 4.03. The average molecular weight is 245 g/mol. The Morgan fingerprint density at radius 3 is 2.75 bits per heavy atom. The Bertz CT molecular complexity index is 322. The van der Waals surface area contributed by atoms with Gasteiger partial charge in [-0.15, -0.1) is 0 Å². The quantitative estimate of drug-likeness (QED) is 0.770. The van der Waals surface area contributed by atoms with Gasteiger partial charge in [-0.3, -0.25) is 0 Å². The second-order valence-electron chi connectivity index (χ2n) is 4.31. The lowest BCUT2D eigenvalue weighted by molar-refractivity contribution is 0.273. The maximum atomic E-state index is 5.90. The van der Waals surface area contributed by atoms with Gasteiger partial charge >= 0.3 is 0 Å². The van der Waals surface area contributed by atoms with Crippen LogP contribution in [0.2, 0.25) is 5.15 Å². The van der Waals surface area contributed by atoms with Crippen molar-refractivity contribution in [2.45, 2.75) is 26.4 Å². The van der Waals surface area contributed by atoms with Gasteiger partial charge in [-0.1, -0.05) is 11.6 Å². The van der Waals surface area contributed by atoms with E-state index in [-0.39, 0.29) is 0 Å². The van der Waals surface area contributed by atoms with Crippen LogP contribution in [0.1, 0.15) is 19.7 Å². The second-order valence-corrected chi connectivity index (χ2v) is 4.69. The topological polar surface area (TPSA) is 33.1 Å². The summed E-state index contributed by atoms with van der Waals surface area (Å²) in [6, 6.07) is 0.587. The maximum absolute atomic E-state index is 5.90. The molecular weight excluding hydrogens is 224 g/mol. The van der Waals surface area contributed by atoms with Gasteiger partial charge in [0.2, 0.25) is 0 Å². The number of nitrogens with zero attached hydrogens (tertiary/aromatic N) is 3. The molecule has 5 heteroatoms. The van der Waals surface area contributed by atoms with Gasteiger partial charge in [-0.2, -0.15) is 0 Å². The summed E-state index contributed by atoms with van der Waals surface area (Å²) in [6.45, 7) is 7.14. The van der Waals surface area contributed by atoms with E-state index in [9.17, 15) is 0 Å². The number of rotatable bonds is 6. The zero-order chi connectivity index (χ0) is 12.1. The first-order valence-electron chi connectivity index (χ1n) is 5.59. The monoisotopic (exact) mass is 244 g/mol. The van der Waals surface area contributed by atoms with Crippen molar-refractivity contribution < 1.29 is 0 Å². The first kappa shape index (κ1) is 13.5. The van der Waals surface area contributed by atoms with Crippen molar-refractivity contribution in [3.8, 4) is 0 Å². The zero-order valence-corrected chi connectivity index (χ0v) is 11.3. The highest BCUT2D eigenvalue weighted by Gasteiger charge is 2.04. The van der Waals surface area contributed by atoms with E-state index in [2.05, 4.69) is 36.1 Å². The number of nitrogens with one attached hydrogen (secondary N) is 1. The summed E-state index contributed by atoms with van der Waals surface area (Å²) in [7, 11) is 4.05. The van der Waals surface area contributed by atoms with Crippen LogP contribution >= 0.6 is 11.6 Å². The minimum Gasteiger partial charge on any atom is -0.321 e. The van der Waals surface area contributed by atoms with Crippen LogP contribution in [-0.4, -0.2) is 40.6 Å². The van der Waals surface area contributed by atoms with Crippen molar-refractivity contribution in [2.75, 3.05) is 20.1 Å². The lowest BCUT2D eigenvalue weighted by Gasteiger charge is -2.20. The lowest BCUT2D eigenvalue weighted by Crippen LogP contribution is -2.33. The molecule has 0 aliphatic carbocycles. The third-order valence-electron chi connectivity index (χ3n) is 2.83. The Kier molecular flexibility index (Phi) is 5.25. The Morgan fingerprint density at radius 2 is 2.25 bits per heavy atom. The van der Waals surface area contributed by atoms with Crippen LogP contribution in [0, 0.1) is 0 Å². The third kappa shape index (κ3) is 3.77. The summed E-state index contributed by atoms with van der Waals surface area (Å²) in [5.41, 5.74) is 0. The fourth-order valence-electron chi connectivity index (χ4n) is 1.30. The standard InChI is InChI=1S/C11H21ClN4/c1-9(2)15(3)6-5-13-8-11-14-7-10(12)16(11)4/h7,9,13H,5-6,8H2,1-4H3. The number of aromatic nitrogens is 2. The Hall–Kier alpha value is -0.580. The van der Waals surface area contributed by atoms with Gasteiger partial charge in [0.1, 0.15) is 11.0 Å². The molecule has 0 bridgehead atoms. The molecule has 0 saturated heterocycles. The number of hydrogen-bond donors (Lipinski definition) is 1. The van der Waals surface area contributed by atoms with Gasteiger partial charge in [0, 0.05) is 26.2 Å². The fraction of sp³-hybridized carbons (Fsp3) is 0.727. The highest BCUT2D eigenvalue weighted by Crippen LogP contribution is 2.08. The van der Waals surface area contributed by atoms with Crippen molar-refractivity contribution in [1.29, 1.82) is 0 Å². The van der Waals surface area contributed by atoms with Gasteiger partial charge in [0.05, 0.1) is 12.7 Å². The van der Waals surface area contributed by atoms with Crippen LogP contribution in [0.3, 0.4) is 0 Å². The molecule has 16 heavy (non-hydrogen) atoms. The van der Waals surface area contributed by atoms with Gasteiger partial charge in [0.15, 0.2) is 0 Å². The summed E-state index contributed by atoms with van der Waals surface area (Å²) < 4.78 is 1.89. The first-order valence-corrected chi connectivity index (χ1v) is 5.97. The highest BCUT2D eigenvalue weighted by molar-refractivity contribution is 6.29. The van der Waals surface area contributed by atoms with Gasteiger partial charge in [-0.05, 0) is 20.9 Å². The molecule has 0 fully saturated rings. The number of halogens is 1. The molecule has 1 heterocycles. The second kappa shape index (κ2) is 6.23. The lowest BCUT2D eigenvalue weighted by atomic mass is 10.3.